The number of pyridine rings is 2. The molecule has 3 amide bonds. The molecule has 9 nitrogen and oxygen atoms in total. The van der Waals surface area contributed by atoms with Crippen LogP contribution >= 0.6 is 11.6 Å². The number of nitrogens with one attached hydrogen (secondary N) is 2. The first-order chi connectivity index (χ1) is 17.9. The molecule has 3 aromatic rings. The summed E-state index contributed by atoms with van der Waals surface area (Å²) in [6, 6.07) is 2.01. The molecule has 1 saturated carbocycles. The van der Waals surface area contributed by atoms with Gasteiger partial charge in [0.25, 0.3) is 0 Å². The number of ether oxygens (including phenoxy) is 2. The Kier molecular flexibility index (Phi) is 6.50. The molecule has 2 aromatic heterocycles. The number of rotatable bonds is 3. The van der Waals surface area contributed by atoms with Gasteiger partial charge in [-0.3, -0.25) is 10.2 Å². The van der Waals surface area contributed by atoms with Crippen molar-refractivity contribution in [3.05, 3.63) is 40.9 Å². The van der Waals surface area contributed by atoms with Crippen molar-refractivity contribution in [3.63, 3.8) is 0 Å². The molecule has 0 unspecified atom stereocenters. The Labute approximate surface area is 222 Å². The number of alkyl halides is 1. The summed E-state index contributed by atoms with van der Waals surface area (Å²) in [5.74, 6) is -0.263. The fourth-order valence-electron chi connectivity index (χ4n) is 4.24. The van der Waals surface area contributed by atoms with Gasteiger partial charge in [0.05, 0.1) is 17.6 Å². The Morgan fingerprint density at radius 2 is 1.95 bits per heavy atom. The summed E-state index contributed by atoms with van der Waals surface area (Å²) in [4.78, 5) is 35.0. The summed E-state index contributed by atoms with van der Waals surface area (Å²) in [6.07, 6.45) is 1.49. The predicted octanol–water partition coefficient (Wildman–Crippen LogP) is 5.76. The van der Waals surface area contributed by atoms with E-state index < -0.39 is 35.8 Å². The minimum atomic E-state index is -1.04. The van der Waals surface area contributed by atoms with Gasteiger partial charge in [-0.15, -0.1) is 0 Å². The Morgan fingerprint density at radius 3 is 2.63 bits per heavy atom. The first-order valence-corrected chi connectivity index (χ1v) is 12.4. The molecule has 0 saturated heterocycles. The zero-order valence-electron chi connectivity index (χ0n) is 21.2. The van der Waals surface area contributed by atoms with Gasteiger partial charge in [-0.1, -0.05) is 11.6 Å². The maximum atomic E-state index is 15.6. The first-order valence-electron chi connectivity index (χ1n) is 12.1. The number of hydrogen-bond donors (Lipinski definition) is 2. The van der Waals surface area contributed by atoms with Crippen LogP contribution < -0.4 is 20.3 Å². The van der Waals surface area contributed by atoms with Crippen LogP contribution in [0.1, 0.15) is 32.8 Å². The third-order valence-corrected chi connectivity index (χ3v) is 6.54. The van der Waals surface area contributed by atoms with Crippen molar-refractivity contribution in [1.29, 1.82) is 0 Å². The van der Waals surface area contributed by atoms with Crippen LogP contribution in [0.25, 0.3) is 21.9 Å². The van der Waals surface area contributed by atoms with Gasteiger partial charge in [0.2, 0.25) is 5.88 Å². The fourth-order valence-corrected chi connectivity index (χ4v) is 4.50. The van der Waals surface area contributed by atoms with Gasteiger partial charge < -0.3 is 14.8 Å². The molecule has 1 aliphatic carbocycles. The highest BCUT2D eigenvalue weighted by molar-refractivity contribution is 6.36. The normalized spacial score (nSPS) is 18.4. The molecule has 5 rings (SSSR count). The summed E-state index contributed by atoms with van der Waals surface area (Å²) >= 11 is 6.39. The van der Waals surface area contributed by atoms with Crippen LogP contribution in [-0.4, -0.2) is 53.1 Å². The van der Waals surface area contributed by atoms with E-state index in [1.165, 1.54) is 17.3 Å². The summed E-state index contributed by atoms with van der Waals surface area (Å²) in [6.45, 7) is 7.51. The number of urea groups is 1. The number of benzene rings is 1. The number of carbonyl (C=O) groups excluding carboxylic acids is 2. The highest BCUT2D eigenvalue weighted by Gasteiger charge is 2.38. The maximum Gasteiger partial charge on any atom is 0.415 e. The van der Waals surface area contributed by atoms with Gasteiger partial charge in [-0.2, -0.15) is 0 Å². The molecule has 2 aliphatic rings. The van der Waals surface area contributed by atoms with Gasteiger partial charge in [-0.25, -0.2) is 28.3 Å². The molecule has 1 aliphatic heterocycles. The topological polar surface area (TPSA) is 106 Å². The molecule has 3 heterocycles. The van der Waals surface area contributed by atoms with Crippen molar-refractivity contribution in [2.24, 2.45) is 0 Å². The molecule has 200 valence electrons. The highest BCUT2D eigenvalue weighted by Crippen LogP contribution is 2.42. The van der Waals surface area contributed by atoms with Crippen LogP contribution in [0.2, 0.25) is 5.02 Å². The summed E-state index contributed by atoms with van der Waals surface area (Å²) in [5.41, 5.74) is 0.765. The van der Waals surface area contributed by atoms with Crippen molar-refractivity contribution < 1.29 is 27.8 Å². The number of fused-ring (bicyclic) bond motifs is 2. The second kappa shape index (κ2) is 9.54. The zero-order valence-corrected chi connectivity index (χ0v) is 21.9. The summed E-state index contributed by atoms with van der Waals surface area (Å²) in [7, 11) is 0. The smallest absolute Gasteiger partial charge is 0.415 e. The molecule has 1 aromatic carbocycles. The minimum Gasteiger partial charge on any atom is -0.474 e. The number of aromatic nitrogens is 2. The molecule has 0 spiro atoms. The van der Waals surface area contributed by atoms with Crippen molar-refractivity contribution in [2.45, 2.75) is 51.9 Å². The fraction of sp³-hybridized carbons (Fsp3) is 0.385. The maximum absolute atomic E-state index is 15.6. The molecular weight excluding hydrogens is 520 g/mol. The van der Waals surface area contributed by atoms with Crippen molar-refractivity contribution in [3.8, 4) is 17.0 Å². The molecule has 2 atom stereocenters. The lowest BCUT2D eigenvalue weighted by Crippen LogP contribution is -2.42. The molecule has 0 radical (unpaired) electrons. The van der Waals surface area contributed by atoms with Crippen LogP contribution in [0.15, 0.2) is 24.5 Å². The quantitative estimate of drug-likeness (QED) is 0.433. The van der Waals surface area contributed by atoms with E-state index >= 15 is 4.39 Å². The number of carbonyl (C=O) groups is 2. The van der Waals surface area contributed by atoms with Gasteiger partial charge in [0.1, 0.15) is 35.7 Å². The largest absolute Gasteiger partial charge is 0.474 e. The molecule has 2 N–H and O–H groups in total. The lowest BCUT2D eigenvalue weighted by Gasteiger charge is -2.32. The van der Waals surface area contributed by atoms with E-state index in [-0.39, 0.29) is 41.9 Å². The first kappa shape index (κ1) is 25.9. The van der Waals surface area contributed by atoms with Gasteiger partial charge >= 0.3 is 12.1 Å². The van der Waals surface area contributed by atoms with Crippen LogP contribution in [0, 0.1) is 12.7 Å². The number of halogens is 3. The van der Waals surface area contributed by atoms with E-state index in [4.69, 9.17) is 21.1 Å². The summed E-state index contributed by atoms with van der Waals surface area (Å²) in [5, 5.41) is 5.75. The average molecular weight is 546 g/mol. The van der Waals surface area contributed by atoms with Crippen LogP contribution in [-0.2, 0) is 4.74 Å². The molecule has 38 heavy (non-hydrogen) atoms. The van der Waals surface area contributed by atoms with Crippen molar-refractivity contribution >= 4 is 46.0 Å². The van der Waals surface area contributed by atoms with E-state index in [1.54, 1.807) is 39.8 Å². The van der Waals surface area contributed by atoms with E-state index in [1.807, 2.05) is 0 Å². The number of hydrogen-bond acceptors (Lipinski definition) is 6. The van der Waals surface area contributed by atoms with Crippen molar-refractivity contribution in [2.75, 3.05) is 23.4 Å². The number of anilines is 2. The van der Waals surface area contributed by atoms with E-state index in [0.29, 0.717) is 27.6 Å². The minimum absolute atomic E-state index is 0.143. The van der Waals surface area contributed by atoms with Gasteiger partial charge in [0.15, 0.2) is 0 Å². The Balaban J connectivity index is 1.53. The number of nitrogens with zero attached hydrogens (tertiary/aromatic N) is 3. The molecule has 12 heteroatoms. The van der Waals surface area contributed by atoms with Crippen LogP contribution in [0.3, 0.4) is 0 Å². The summed E-state index contributed by atoms with van der Waals surface area (Å²) < 4.78 is 39.9. The number of amides is 3. The van der Waals surface area contributed by atoms with Crippen LogP contribution in [0.5, 0.6) is 5.88 Å². The lowest BCUT2D eigenvalue weighted by molar-refractivity contribution is 0.0566. The van der Waals surface area contributed by atoms with Crippen LogP contribution in [0.4, 0.5) is 29.9 Å². The SMILES string of the molecule is Cc1c(-c2cc3cc(NC(=O)N[C@@H]4C[C@@H]4F)ncc3c(Cl)c2F)cnc2c1N(C(=O)OC(C)(C)C)CCO2. The Morgan fingerprint density at radius 1 is 1.21 bits per heavy atom. The monoisotopic (exact) mass is 545 g/mol. The lowest BCUT2D eigenvalue weighted by atomic mass is 9.97. The van der Waals surface area contributed by atoms with E-state index in [2.05, 4.69) is 20.6 Å². The standard InChI is InChI=1S/C26H26ClF2N5O4/c1-12-15(10-31-23-22(12)34(5-6-37-23)25(36)38-26(2,3)4)14-7-13-8-19(30-11-16(13)20(27)21(14)29)33-24(35)32-18-9-17(18)28/h7-8,10-11,17-18H,5-6,9H2,1-4H3,(H2,30,32,33,35)/t17-,18+/m0/s1. The second-order valence-electron chi connectivity index (χ2n) is 10.2. The van der Waals surface area contributed by atoms with E-state index in [9.17, 15) is 14.0 Å². The van der Waals surface area contributed by atoms with Gasteiger partial charge in [-0.05, 0) is 50.8 Å². The van der Waals surface area contributed by atoms with E-state index in [0.717, 1.165) is 0 Å². The third-order valence-electron chi connectivity index (χ3n) is 6.17. The predicted molar refractivity (Wildman–Crippen MR) is 139 cm³/mol. The molecule has 0 bridgehead atoms. The van der Waals surface area contributed by atoms with Crippen molar-refractivity contribution in [1.82, 2.24) is 15.3 Å². The van der Waals surface area contributed by atoms with Gasteiger partial charge in [0, 0.05) is 35.3 Å². The zero-order chi connectivity index (χ0) is 27.4. The molecular formula is C26H26ClF2N5O4. The Bertz CT molecular complexity index is 1460. The third kappa shape index (κ3) is 5.02. The highest BCUT2D eigenvalue weighted by atomic mass is 35.5. The Hall–Kier alpha value is -3.73. The molecule has 1 fully saturated rings. The second-order valence-corrected chi connectivity index (χ2v) is 10.6. The average Bonchev–Trinajstić information content (AvgIpc) is 3.54.